The van der Waals surface area contributed by atoms with E-state index in [0.29, 0.717) is 41.8 Å². The summed E-state index contributed by atoms with van der Waals surface area (Å²) in [4.78, 5) is 29.2. The second-order valence-electron chi connectivity index (χ2n) is 8.45. The number of amides is 2. The van der Waals surface area contributed by atoms with Crippen molar-refractivity contribution < 1.29 is 9.59 Å². The number of hydrogen-bond acceptors (Lipinski definition) is 3. The molecular weight excluding hydrogens is 316 g/mol. The molecule has 6 heteroatoms. The van der Waals surface area contributed by atoms with Gasteiger partial charge in [-0.05, 0) is 49.5 Å². The predicted molar refractivity (Wildman–Crippen MR) is 94.0 cm³/mol. The van der Waals surface area contributed by atoms with E-state index in [2.05, 4.69) is 28.9 Å². The number of carbonyl (C=O) groups excluding carboxylic acids is 2. The summed E-state index contributed by atoms with van der Waals surface area (Å²) in [5.41, 5.74) is 1.56. The smallest absolute Gasteiger partial charge is 0.274 e. The quantitative estimate of drug-likeness (QED) is 0.913. The van der Waals surface area contributed by atoms with Crippen molar-refractivity contribution in [2.45, 2.75) is 52.0 Å². The average molecular weight is 344 g/mol. The standard InChI is InChI=1S/C19H28N4O2/c1-12(2)6-15-8-16(21-20-15)19(25)22-9-13-7-14(11-22)17-4-3-5-18(24)23(17)10-13/h8,12-14,17H,3-7,9-11H2,1-2H3,(H,20,21). The van der Waals surface area contributed by atoms with Crippen LogP contribution in [0.1, 0.15) is 55.7 Å². The van der Waals surface area contributed by atoms with Gasteiger partial charge in [-0.25, -0.2) is 0 Å². The maximum atomic E-state index is 12.9. The Labute approximate surface area is 148 Å². The van der Waals surface area contributed by atoms with Gasteiger partial charge in [0.25, 0.3) is 5.91 Å². The Hall–Kier alpha value is -1.85. The van der Waals surface area contributed by atoms with Gasteiger partial charge in [-0.3, -0.25) is 14.7 Å². The molecule has 3 fully saturated rings. The van der Waals surface area contributed by atoms with Crippen LogP contribution in [-0.4, -0.2) is 57.5 Å². The monoisotopic (exact) mass is 344 g/mol. The zero-order valence-electron chi connectivity index (χ0n) is 15.2. The number of fused-ring (bicyclic) bond motifs is 4. The molecule has 4 heterocycles. The van der Waals surface area contributed by atoms with E-state index in [4.69, 9.17) is 0 Å². The molecule has 0 aromatic carbocycles. The Balaban J connectivity index is 1.47. The average Bonchev–Trinajstić information content (AvgIpc) is 3.03. The molecule has 3 aliphatic rings. The van der Waals surface area contributed by atoms with Crippen LogP contribution >= 0.6 is 0 Å². The minimum atomic E-state index is 0.0385. The van der Waals surface area contributed by atoms with Crippen LogP contribution in [-0.2, 0) is 11.2 Å². The normalized spacial score (nSPS) is 29.1. The lowest BCUT2D eigenvalue weighted by Gasteiger charge is -2.52. The lowest BCUT2D eigenvalue weighted by Crippen LogP contribution is -2.61. The van der Waals surface area contributed by atoms with E-state index in [1.54, 1.807) is 0 Å². The van der Waals surface area contributed by atoms with Crippen molar-refractivity contribution in [3.05, 3.63) is 17.5 Å². The summed E-state index contributed by atoms with van der Waals surface area (Å²) >= 11 is 0. The van der Waals surface area contributed by atoms with Crippen LogP contribution < -0.4 is 0 Å². The molecule has 0 radical (unpaired) electrons. The van der Waals surface area contributed by atoms with Gasteiger partial charge in [-0.1, -0.05) is 13.8 Å². The molecule has 1 N–H and O–H groups in total. The second kappa shape index (κ2) is 6.46. The van der Waals surface area contributed by atoms with Gasteiger partial charge in [-0.2, -0.15) is 5.10 Å². The third-order valence-corrected chi connectivity index (χ3v) is 5.95. The number of rotatable bonds is 3. The Bertz CT molecular complexity index is 668. The maximum absolute atomic E-state index is 12.9. The van der Waals surface area contributed by atoms with Crippen molar-refractivity contribution in [3.8, 4) is 0 Å². The van der Waals surface area contributed by atoms with Gasteiger partial charge in [-0.15, -0.1) is 0 Å². The highest BCUT2D eigenvalue weighted by Gasteiger charge is 2.45. The third-order valence-electron chi connectivity index (χ3n) is 5.95. The van der Waals surface area contributed by atoms with Crippen LogP contribution in [0.15, 0.2) is 6.07 Å². The number of H-pyrrole nitrogens is 1. The third kappa shape index (κ3) is 3.18. The molecule has 3 atom stereocenters. The SMILES string of the molecule is CC(C)Cc1cc(C(=O)N2CC3CC(C2)C2CCCC(=O)N2C3)n[nH]1. The lowest BCUT2D eigenvalue weighted by atomic mass is 9.76. The molecule has 136 valence electrons. The number of aromatic amines is 1. The number of nitrogens with zero attached hydrogens (tertiary/aromatic N) is 3. The summed E-state index contributed by atoms with van der Waals surface area (Å²) in [5.74, 6) is 1.73. The molecule has 0 aliphatic carbocycles. The first-order valence-electron chi connectivity index (χ1n) is 9.64. The van der Waals surface area contributed by atoms with Gasteiger partial charge in [0, 0.05) is 37.8 Å². The van der Waals surface area contributed by atoms with E-state index in [1.807, 2.05) is 11.0 Å². The summed E-state index contributed by atoms with van der Waals surface area (Å²) in [6, 6.07) is 2.24. The minimum Gasteiger partial charge on any atom is -0.339 e. The summed E-state index contributed by atoms with van der Waals surface area (Å²) in [6.07, 6.45) is 4.84. The van der Waals surface area contributed by atoms with Crippen molar-refractivity contribution in [1.29, 1.82) is 0 Å². The Kier molecular flexibility index (Phi) is 4.29. The molecule has 1 aromatic rings. The maximum Gasteiger partial charge on any atom is 0.274 e. The van der Waals surface area contributed by atoms with Crippen LogP contribution in [0.4, 0.5) is 0 Å². The number of hydrogen-bond donors (Lipinski definition) is 1. The summed E-state index contributed by atoms with van der Waals surface area (Å²) in [7, 11) is 0. The molecule has 3 aliphatic heterocycles. The van der Waals surface area contributed by atoms with Gasteiger partial charge in [0.2, 0.25) is 5.91 Å². The topological polar surface area (TPSA) is 69.3 Å². The van der Waals surface area contributed by atoms with Crippen molar-refractivity contribution in [2.75, 3.05) is 19.6 Å². The van der Waals surface area contributed by atoms with Crippen LogP contribution in [0.5, 0.6) is 0 Å². The first-order valence-corrected chi connectivity index (χ1v) is 9.64. The van der Waals surface area contributed by atoms with Gasteiger partial charge in [0.15, 0.2) is 0 Å². The summed E-state index contributed by atoms with van der Waals surface area (Å²) in [5, 5.41) is 7.26. The first-order chi connectivity index (χ1) is 12.0. The van der Waals surface area contributed by atoms with Crippen LogP contribution in [0.3, 0.4) is 0 Å². The molecule has 0 saturated carbocycles. The van der Waals surface area contributed by atoms with Gasteiger partial charge >= 0.3 is 0 Å². The highest BCUT2D eigenvalue weighted by Crippen LogP contribution is 2.38. The molecule has 1 aromatic heterocycles. The van der Waals surface area contributed by atoms with Crippen molar-refractivity contribution in [2.24, 2.45) is 17.8 Å². The van der Waals surface area contributed by atoms with E-state index >= 15 is 0 Å². The van der Waals surface area contributed by atoms with Gasteiger partial charge in [0.05, 0.1) is 0 Å². The zero-order chi connectivity index (χ0) is 17.6. The van der Waals surface area contributed by atoms with E-state index in [1.165, 1.54) is 0 Å². The van der Waals surface area contributed by atoms with Crippen molar-refractivity contribution >= 4 is 11.8 Å². The van der Waals surface area contributed by atoms with Gasteiger partial charge < -0.3 is 9.80 Å². The van der Waals surface area contributed by atoms with E-state index in [-0.39, 0.29) is 5.91 Å². The number of piperidine rings is 3. The fraction of sp³-hybridized carbons (Fsp3) is 0.737. The highest BCUT2D eigenvalue weighted by atomic mass is 16.2. The Morgan fingerprint density at radius 2 is 2.20 bits per heavy atom. The fourth-order valence-electron chi connectivity index (χ4n) is 4.95. The summed E-state index contributed by atoms with van der Waals surface area (Å²) in [6.45, 7) is 6.65. The molecule has 6 nitrogen and oxygen atoms in total. The Morgan fingerprint density at radius 1 is 1.36 bits per heavy atom. The molecule has 3 saturated heterocycles. The van der Waals surface area contributed by atoms with Crippen molar-refractivity contribution in [3.63, 3.8) is 0 Å². The molecule has 0 spiro atoms. The van der Waals surface area contributed by atoms with Crippen molar-refractivity contribution in [1.82, 2.24) is 20.0 Å². The molecule has 2 amide bonds. The number of carbonyl (C=O) groups is 2. The number of aromatic nitrogens is 2. The van der Waals surface area contributed by atoms with E-state index < -0.39 is 0 Å². The highest BCUT2D eigenvalue weighted by molar-refractivity contribution is 5.92. The van der Waals surface area contributed by atoms with Crippen LogP contribution in [0.25, 0.3) is 0 Å². The molecule has 2 bridgehead atoms. The fourth-order valence-corrected chi connectivity index (χ4v) is 4.95. The molecule has 4 rings (SSSR count). The Morgan fingerprint density at radius 3 is 3.00 bits per heavy atom. The van der Waals surface area contributed by atoms with E-state index in [9.17, 15) is 9.59 Å². The number of nitrogens with one attached hydrogen (secondary N) is 1. The number of likely N-dealkylation sites (tertiary alicyclic amines) is 1. The lowest BCUT2D eigenvalue weighted by molar-refractivity contribution is -0.144. The summed E-state index contributed by atoms with van der Waals surface area (Å²) < 4.78 is 0. The van der Waals surface area contributed by atoms with Crippen LogP contribution in [0, 0.1) is 17.8 Å². The molecule has 25 heavy (non-hydrogen) atoms. The molecular formula is C19H28N4O2. The largest absolute Gasteiger partial charge is 0.339 e. The molecule has 3 unspecified atom stereocenters. The van der Waals surface area contributed by atoms with E-state index in [0.717, 1.165) is 51.0 Å². The predicted octanol–water partition coefficient (Wildman–Crippen LogP) is 2.08. The first kappa shape index (κ1) is 16.6. The van der Waals surface area contributed by atoms with Gasteiger partial charge in [0.1, 0.15) is 5.69 Å². The zero-order valence-corrected chi connectivity index (χ0v) is 15.2. The minimum absolute atomic E-state index is 0.0385. The van der Waals surface area contributed by atoms with Crippen LogP contribution in [0.2, 0.25) is 0 Å². The second-order valence-corrected chi connectivity index (χ2v) is 8.45.